The van der Waals surface area contributed by atoms with Crippen LogP contribution in [0.3, 0.4) is 0 Å². The summed E-state index contributed by atoms with van der Waals surface area (Å²) in [6, 6.07) is 8.18. The Hall–Kier alpha value is -1.38. The highest BCUT2D eigenvalue weighted by molar-refractivity contribution is 5.96. The summed E-state index contributed by atoms with van der Waals surface area (Å²) < 4.78 is 5.74. The molecule has 0 unspecified atom stereocenters. The van der Waals surface area contributed by atoms with Crippen molar-refractivity contribution in [2.45, 2.75) is 37.9 Å². The Bertz CT molecular complexity index is 728. The summed E-state index contributed by atoms with van der Waals surface area (Å²) >= 11 is 0. The van der Waals surface area contributed by atoms with Gasteiger partial charge in [0, 0.05) is 45.0 Å². The predicted octanol–water partition coefficient (Wildman–Crippen LogP) is 1.46. The molecule has 0 spiro atoms. The zero-order chi connectivity index (χ0) is 19.5. The Kier molecular flexibility index (Phi) is 9.37. The number of hydrogen-bond acceptors (Lipinski definition) is 5. The molecule has 0 bridgehead atoms. The summed E-state index contributed by atoms with van der Waals surface area (Å²) in [6.45, 7) is 4.41. The van der Waals surface area contributed by atoms with Gasteiger partial charge in [0.15, 0.2) is 0 Å². The van der Waals surface area contributed by atoms with E-state index >= 15 is 0 Å². The monoisotopic (exact) mass is 458 g/mol. The maximum atomic E-state index is 12.9. The topological polar surface area (TPSA) is 79.1 Å². The molecule has 7 nitrogen and oxygen atoms in total. The number of ether oxygens (including phenoxy) is 1. The van der Waals surface area contributed by atoms with E-state index in [0.29, 0.717) is 26.2 Å². The van der Waals surface area contributed by atoms with Crippen molar-refractivity contribution in [1.82, 2.24) is 9.80 Å². The molecule has 9 heteroatoms. The fourth-order valence-electron chi connectivity index (χ4n) is 4.46. The van der Waals surface area contributed by atoms with Crippen LogP contribution >= 0.6 is 24.8 Å². The number of nitrogens with zero attached hydrogens (tertiary/aromatic N) is 3. The second-order valence-electron chi connectivity index (χ2n) is 7.94. The first-order valence-corrected chi connectivity index (χ1v) is 10.4. The van der Waals surface area contributed by atoms with E-state index in [1.807, 2.05) is 28.0 Å². The molecular formula is C21H32Cl2N4O3. The van der Waals surface area contributed by atoms with Gasteiger partial charge in [0.2, 0.25) is 5.91 Å². The number of carbonyl (C=O) groups is 2. The van der Waals surface area contributed by atoms with E-state index in [-0.39, 0.29) is 48.8 Å². The van der Waals surface area contributed by atoms with E-state index in [4.69, 9.17) is 10.5 Å². The van der Waals surface area contributed by atoms with E-state index in [1.54, 1.807) is 0 Å². The van der Waals surface area contributed by atoms with Crippen LogP contribution in [0.15, 0.2) is 24.3 Å². The smallest absolute Gasteiger partial charge is 0.251 e. The molecule has 1 aromatic rings. The maximum Gasteiger partial charge on any atom is 0.251 e. The van der Waals surface area contributed by atoms with Crippen molar-refractivity contribution in [3.8, 4) is 0 Å². The van der Waals surface area contributed by atoms with Crippen LogP contribution in [0.1, 0.15) is 24.8 Å². The van der Waals surface area contributed by atoms with Gasteiger partial charge in [0.25, 0.3) is 5.91 Å². The first-order chi connectivity index (χ1) is 13.7. The number of anilines is 1. The molecule has 4 rings (SSSR count). The number of halogens is 2. The number of benzene rings is 1. The fourth-order valence-corrected chi connectivity index (χ4v) is 4.46. The van der Waals surface area contributed by atoms with E-state index in [2.05, 4.69) is 11.0 Å². The Morgan fingerprint density at radius 3 is 2.47 bits per heavy atom. The number of carbonyl (C=O) groups excluding carboxylic acids is 2. The normalized spacial score (nSPS) is 23.9. The van der Waals surface area contributed by atoms with Gasteiger partial charge in [-0.25, -0.2) is 0 Å². The molecule has 168 valence electrons. The van der Waals surface area contributed by atoms with Crippen LogP contribution in [-0.2, 0) is 20.7 Å². The molecule has 0 radical (unpaired) electrons. The number of amides is 2. The first-order valence-electron chi connectivity index (χ1n) is 10.4. The molecule has 2 atom stereocenters. The SMILES string of the molecule is Cl.Cl.NC[C@H]1CC[C@@H](C(=O)N2CCN(CC(=O)N3CCCc4ccccc43)CC2)O1. The van der Waals surface area contributed by atoms with Gasteiger partial charge >= 0.3 is 0 Å². The van der Waals surface area contributed by atoms with Crippen LogP contribution in [0.4, 0.5) is 5.69 Å². The lowest BCUT2D eigenvalue weighted by molar-refractivity contribution is -0.144. The van der Waals surface area contributed by atoms with Crippen molar-refractivity contribution in [1.29, 1.82) is 0 Å². The third kappa shape index (κ3) is 5.45. The van der Waals surface area contributed by atoms with Crippen LogP contribution < -0.4 is 10.6 Å². The highest BCUT2D eigenvalue weighted by Crippen LogP contribution is 2.27. The molecule has 0 aromatic heterocycles. The lowest BCUT2D eigenvalue weighted by Gasteiger charge is -2.37. The molecule has 0 saturated carbocycles. The zero-order valence-electron chi connectivity index (χ0n) is 17.2. The number of hydrogen-bond donors (Lipinski definition) is 1. The van der Waals surface area contributed by atoms with Crippen molar-refractivity contribution in [3.05, 3.63) is 29.8 Å². The number of aryl methyl sites for hydroxylation is 1. The molecule has 2 amide bonds. The van der Waals surface area contributed by atoms with Gasteiger partial charge in [-0.1, -0.05) is 18.2 Å². The van der Waals surface area contributed by atoms with Gasteiger partial charge in [-0.05, 0) is 37.3 Å². The van der Waals surface area contributed by atoms with Crippen molar-refractivity contribution >= 4 is 42.3 Å². The Labute approximate surface area is 190 Å². The largest absolute Gasteiger partial charge is 0.364 e. The minimum Gasteiger partial charge on any atom is -0.364 e. The highest BCUT2D eigenvalue weighted by atomic mass is 35.5. The Morgan fingerprint density at radius 2 is 1.77 bits per heavy atom. The number of para-hydroxylation sites is 1. The second-order valence-corrected chi connectivity index (χ2v) is 7.94. The van der Waals surface area contributed by atoms with Gasteiger partial charge in [0.05, 0.1) is 12.6 Å². The summed E-state index contributed by atoms with van der Waals surface area (Å²) in [7, 11) is 0. The molecule has 0 aliphatic carbocycles. The lowest BCUT2D eigenvalue weighted by atomic mass is 10.0. The standard InChI is InChI=1S/C21H30N4O3.2ClH/c22-14-17-7-8-19(28-17)21(27)24-12-10-23(11-13-24)15-20(26)25-9-3-5-16-4-1-2-6-18(16)25;;/h1-2,4,6,17,19H,3,5,7-15,22H2;2*1H/t17-,19+;;/m1../s1. The number of piperazine rings is 1. The zero-order valence-corrected chi connectivity index (χ0v) is 18.8. The number of rotatable bonds is 4. The summed E-state index contributed by atoms with van der Waals surface area (Å²) in [5.41, 5.74) is 7.95. The fraction of sp³-hybridized carbons (Fsp3) is 0.619. The molecule has 2 N–H and O–H groups in total. The lowest BCUT2D eigenvalue weighted by Crippen LogP contribution is -2.53. The summed E-state index contributed by atoms with van der Waals surface area (Å²) in [5.74, 6) is 0.226. The van der Waals surface area contributed by atoms with Gasteiger partial charge < -0.3 is 20.3 Å². The predicted molar refractivity (Wildman–Crippen MR) is 122 cm³/mol. The molecule has 2 saturated heterocycles. The molecule has 3 heterocycles. The van der Waals surface area contributed by atoms with Crippen molar-refractivity contribution in [2.24, 2.45) is 5.73 Å². The third-order valence-corrected chi connectivity index (χ3v) is 6.10. The van der Waals surface area contributed by atoms with Gasteiger partial charge in [-0.15, -0.1) is 24.8 Å². The molecule has 1 aromatic carbocycles. The summed E-state index contributed by atoms with van der Waals surface area (Å²) in [5, 5.41) is 0. The van der Waals surface area contributed by atoms with Crippen LogP contribution in [0.2, 0.25) is 0 Å². The van der Waals surface area contributed by atoms with Crippen molar-refractivity contribution in [3.63, 3.8) is 0 Å². The second kappa shape index (κ2) is 11.3. The molecule has 3 aliphatic heterocycles. The maximum absolute atomic E-state index is 12.9. The number of nitrogens with two attached hydrogens (primary N) is 1. The van der Waals surface area contributed by atoms with E-state index < -0.39 is 0 Å². The van der Waals surface area contributed by atoms with Crippen LogP contribution in [0.25, 0.3) is 0 Å². The quantitative estimate of drug-likeness (QED) is 0.738. The van der Waals surface area contributed by atoms with E-state index in [9.17, 15) is 9.59 Å². The molecule has 3 aliphatic rings. The van der Waals surface area contributed by atoms with Crippen LogP contribution in [0, 0.1) is 0 Å². The van der Waals surface area contributed by atoms with Crippen molar-refractivity contribution < 1.29 is 14.3 Å². The van der Waals surface area contributed by atoms with E-state index in [1.165, 1.54) is 5.56 Å². The minimum absolute atomic E-state index is 0. The van der Waals surface area contributed by atoms with E-state index in [0.717, 1.165) is 51.0 Å². The van der Waals surface area contributed by atoms with Crippen molar-refractivity contribution in [2.75, 3.05) is 50.7 Å². The molecule has 30 heavy (non-hydrogen) atoms. The average Bonchev–Trinajstić information content (AvgIpc) is 3.22. The van der Waals surface area contributed by atoms with Crippen LogP contribution in [0.5, 0.6) is 0 Å². The highest BCUT2D eigenvalue weighted by Gasteiger charge is 2.34. The number of fused-ring (bicyclic) bond motifs is 1. The Balaban J connectivity index is 0.00000160. The molecular weight excluding hydrogens is 427 g/mol. The summed E-state index contributed by atoms with van der Waals surface area (Å²) in [6.07, 6.45) is 3.34. The third-order valence-electron chi connectivity index (χ3n) is 6.10. The summed E-state index contributed by atoms with van der Waals surface area (Å²) in [4.78, 5) is 31.5. The minimum atomic E-state index is -0.341. The Morgan fingerprint density at radius 1 is 1.03 bits per heavy atom. The van der Waals surface area contributed by atoms with Gasteiger partial charge in [-0.3, -0.25) is 14.5 Å². The first kappa shape index (κ1) is 24.9. The average molecular weight is 459 g/mol. The van der Waals surface area contributed by atoms with Crippen LogP contribution in [-0.4, -0.2) is 79.6 Å². The van der Waals surface area contributed by atoms with Gasteiger partial charge in [-0.2, -0.15) is 0 Å². The van der Waals surface area contributed by atoms with Gasteiger partial charge in [0.1, 0.15) is 6.10 Å². The molecule has 2 fully saturated rings.